The number of furan rings is 1. The fourth-order valence-electron chi connectivity index (χ4n) is 9.20. The van der Waals surface area contributed by atoms with Crippen molar-refractivity contribution in [2.24, 2.45) is 0 Å². The third-order valence-electron chi connectivity index (χ3n) is 11.6. The van der Waals surface area contributed by atoms with Gasteiger partial charge >= 0.3 is 0 Å². The molecule has 252 valence electrons. The van der Waals surface area contributed by atoms with Gasteiger partial charge in [-0.05, 0) is 88.3 Å². The number of hydrogen-bond donors (Lipinski definition) is 1. The normalized spacial score (nSPS) is 12.5. The molecule has 5 heteroatoms. The summed E-state index contributed by atoms with van der Waals surface area (Å²) in [6.07, 6.45) is 0. The zero-order valence-corrected chi connectivity index (χ0v) is 30.2. The minimum absolute atomic E-state index is 0.0934. The van der Waals surface area contributed by atoms with Gasteiger partial charge in [0.1, 0.15) is 11.2 Å². The van der Waals surface area contributed by atoms with Gasteiger partial charge in [0.25, 0.3) is 0 Å². The minimum atomic E-state index is 0.0934. The van der Waals surface area contributed by atoms with Gasteiger partial charge in [0, 0.05) is 64.3 Å². The first-order valence-corrected chi connectivity index (χ1v) is 19.4. The molecule has 1 aliphatic rings. The molecule has 0 bridgehead atoms. The zero-order valence-electron chi connectivity index (χ0n) is 29.4. The van der Waals surface area contributed by atoms with Gasteiger partial charge in [-0.1, -0.05) is 110 Å². The number of nitrogens with one attached hydrogen (secondary N) is 1. The Labute approximate surface area is 315 Å². The van der Waals surface area contributed by atoms with Crippen LogP contribution in [-0.4, -0.2) is 11.3 Å². The van der Waals surface area contributed by atoms with Crippen molar-refractivity contribution < 1.29 is 4.42 Å². The third kappa shape index (κ3) is 4.19. The maximum atomic E-state index is 6.51. The number of nitrogens with zero attached hydrogens (tertiary/aromatic N) is 1. The van der Waals surface area contributed by atoms with E-state index in [1.165, 1.54) is 80.8 Å². The fraction of sp³-hybridized carbons (Fsp3) is 0.0204. The molecule has 1 N–H and O–H groups in total. The van der Waals surface area contributed by atoms with E-state index in [2.05, 4.69) is 180 Å². The highest BCUT2D eigenvalue weighted by atomic mass is 32.1. The van der Waals surface area contributed by atoms with E-state index in [0.717, 1.165) is 33.3 Å². The number of anilines is 2. The molecule has 3 aromatic heterocycles. The summed E-state index contributed by atoms with van der Waals surface area (Å²) in [5.74, 6) is 0. The van der Waals surface area contributed by atoms with Crippen molar-refractivity contribution in [2.75, 3.05) is 5.32 Å². The Kier molecular flexibility index (Phi) is 6.23. The van der Waals surface area contributed by atoms with Crippen LogP contribution in [0.1, 0.15) is 0 Å². The van der Waals surface area contributed by atoms with E-state index in [9.17, 15) is 0 Å². The third-order valence-corrected chi connectivity index (χ3v) is 12.7. The number of aromatic nitrogens is 1. The van der Waals surface area contributed by atoms with Crippen molar-refractivity contribution in [3.05, 3.63) is 164 Å². The van der Waals surface area contributed by atoms with Crippen LogP contribution in [-0.2, 0) is 0 Å². The van der Waals surface area contributed by atoms with E-state index in [1.54, 1.807) is 0 Å². The molecule has 1 aliphatic heterocycles. The smallest absolute Gasteiger partial charge is 0.212 e. The number of benzene rings is 8. The molecule has 4 heterocycles. The zero-order chi connectivity index (χ0) is 35.5. The lowest BCUT2D eigenvalue weighted by molar-refractivity contribution is 0.669. The summed E-state index contributed by atoms with van der Waals surface area (Å²) in [5.41, 5.74) is 15.2. The standard InChI is InChI=1S/C49H31BN2OS/c1-50-39-28-44-37(32-16-7-11-21-43(32)53-44)27-42(39)52-41-20-10-6-18-35(41)47-36(29-23-24-34-33-17-8-12-22-45(33)54-46(34)25-29)26-38(48(50)49(47)52)31-15-5-9-19-40(31)51-30-13-3-2-4-14-30/h2-28,51H,1H3. The Morgan fingerprint density at radius 3 is 2.20 bits per heavy atom. The van der Waals surface area contributed by atoms with Gasteiger partial charge in [0.15, 0.2) is 0 Å². The number of fused-ring (bicyclic) bond motifs is 11. The van der Waals surface area contributed by atoms with Gasteiger partial charge in [-0.15, -0.1) is 11.3 Å². The summed E-state index contributed by atoms with van der Waals surface area (Å²) in [6, 6.07) is 59.7. The van der Waals surface area contributed by atoms with Crippen LogP contribution in [0, 0.1) is 0 Å². The maximum absolute atomic E-state index is 6.51. The fourth-order valence-corrected chi connectivity index (χ4v) is 10.3. The van der Waals surface area contributed by atoms with Gasteiger partial charge in [0.05, 0.1) is 11.0 Å². The van der Waals surface area contributed by atoms with Crippen LogP contribution in [0.3, 0.4) is 0 Å². The Morgan fingerprint density at radius 2 is 1.30 bits per heavy atom. The summed E-state index contributed by atoms with van der Waals surface area (Å²) in [7, 11) is 0. The Bertz CT molecular complexity index is 3330. The first-order chi connectivity index (χ1) is 26.7. The molecule has 11 aromatic rings. The molecule has 0 fully saturated rings. The monoisotopic (exact) mass is 706 g/mol. The van der Waals surface area contributed by atoms with E-state index in [1.807, 2.05) is 11.3 Å². The average molecular weight is 707 g/mol. The molecule has 0 aliphatic carbocycles. The first-order valence-electron chi connectivity index (χ1n) is 18.6. The quantitative estimate of drug-likeness (QED) is 0.185. The highest BCUT2D eigenvalue weighted by Crippen LogP contribution is 2.45. The van der Waals surface area contributed by atoms with E-state index in [4.69, 9.17) is 4.42 Å². The van der Waals surface area contributed by atoms with Crippen LogP contribution in [0.15, 0.2) is 168 Å². The van der Waals surface area contributed by atoms with Crippen LogP contribution >= 0.6 is 11.3 Å². The van der Waals surface area contributed by atoms with Crippen molar-refractivity contribution in [2.45, 2.75) is 6.82 Å². The second-order valence-electron chi connectivity index (χ2n) is 14.5. The molecule has 0 atom stereocenters. The number of para-hydroxylation sites is 4. The van der Waals surface area contributed by atoms with Crippen molar-refractivity contribution in [1.29, 1.82) is 0 Å². The first kappa shape index (κ1) is 30.0. The molecular weight excluding hydrogens is 675 g/mol. The largest absolute Gasteiger partial charge is 0.456 e. The molecule has 0 unspecified atom stereocenters. The highest BCUT2D eigenvalue weighted by molar-refractivity contribution is 7.25. The number of thiophene rings is 1. The summed E-state index contributed by atoms with van der Waals surface area (Å²) < 4.78 is 11.7. The average Bonchev–Trinajstić information content (AvgIpc) is 3.89. The Hall–Kier alpha value is -6.56. The van der Waals surface area contributed by atoms with Crippen LogP contribution in [0.25, 0.3) is 91.9 Å². The molecule has 0 saturated carbocycles. The Balaban J connectivity index is 1.22. The summed E-state index contributed by atoms with van der Waals surface area (Å²) in [5, 5.41) is 11.3. The van der Waals surface area contributed by atoms with Gasteiger partial charge in [-0.2, -0.15) is 0 Å². The molecular formula is C49H31BN2OS. The molecule has 54 heavy (non-hydrogen) atoms. The molecule has 8 aromatic carbocycles. The van der Waals surface area contributed by atoms with Crippen molar-refractivity contribution >= 4 is 104 Å². The van der Waals surface area contributed by atoms with E-state index < -0.39 is 0 Å². The summed E-state index contributed by atoms with van der Waals surface area (Å²) >= 11 is 1.88. The molecule has 0 radical (unpaired) electrons. The topological polar surface area (TPSA) is 30.1 Å². The molecule has 0 saturated heterocycles. The number of hydrogen-bond acceptors (Lipinski definition) is 3. The lowest BCUT2D eigenvalue weighted by atomic mass is 9.39. The van der Waals surface area contributed by atoms with Gasteiger partial charge in [0.2, 0.25) is 6.71 Å². The van der Waals surface area contributed by atoms with Crippen LogP contribution in [0.5, 0.6) is 0 Å². The van der Waals surface area contributed by atoms with Crippen molar-refractivity contribution in [3.8, 4) is 27.9 Å². The van der Waals surface area contributed by atoms with Crippen molar-refractivity contribution in [1.82, 2.24) is 4.57 Å². The SMILES string of the molecule is CB1c2cc3oc4ccccc4c3cc2-n2c3ccccc3c3c(-c4ccc5c(c4)sc4ccccc45)cc(-c4ccccc4Nc4ccccc4)c1c32. The highest BCUT2D eigenvalue weighted by Gasteiger charge is 2.34. The summed E-state index contributed by atoms with van der Waals surface area (Å²) in [6.45, 7) is 2.47. The second kappa shape index (κ2) is 11.2. The predicted molar refractivity (Wildman–Crippen MR) is 232 cm³/mol. The minimum Gasteiger partial charge on any atom is -0.456 e. The van der Waals surface area contributed by atoms with Crippen LogP contribution in [0.4, 0.5) is 11.4 Å². The molecule has 12 rings (SSSR count). The summed E-state index contributed by atoms with van der Waals surface area (Å²) in [4.78, 5) is 0. The molecule has 0 spiro atoms. The van der Waals surface area contributed by atoms with Gasteiger partial charge < -0.3 is 14.3 Å². The van der Waals surface area contributed by atoms with Crippen molar-refractivity contribution in [3.63, 3.8) is 0 Å². The second-order valence-corrected chi connectivity index (χ2v) is 15.6. The van der Waals surface area contributed by atoms with E-state index >= 15 is 0 Å². The lowest BCUT2D eigenvalue weighted by Crippen LogP contribution is -2.46. The van der Waals surface area contributed by atoms with Gasteiger partial charge in [-0.25, -0.2) is 0 Å². The predicted octanol–water partition coefficient (Wildman–Crippen LogP) is 12.7. The van der Waals surface area contributed by atoms with E-state index in [-0.39, 0.29) is 6.71 Å². The Morgan fingerprint density at radius 1 is 0.556 bits per heavy atom. The maximum Gasteiger partial charge on any atom is 0.212 e. The van der Waals surface area contributed by atoms with Gasteiger partial charge in [-0.3, -0.25) is 0 Å². The molecule has 0 amide bonds. The molecule has 3 nitrogen and oxygen atoms in total. The van der Waals surface area contributed by atoms with Crippen LogP contribution < -0.4 is 16.2 Å². The lowest BCUT2D eigenvalue weighted by Gasteiger charge is -2.28. The number of rotatable bonds is 4. The van der Waals surface area contributed by atoms with E-state index in [0.29, 0.717) is 0 Å². The van der Waals surface area contributed by atoms with Crippen LogP contribution in [0.2, 0.25) is 6.82 Å².